The van der Waals surface area contributed by atoms with Crippen LogP contribution in [0.25, 0.3) is 0 Å². The van der Waals surface area contributed by atoms with Crippen molar-refractivity contribution in [2.24, 2.45) is 14.0 Å². The summed E-state index contributed by atoms with van der Waals surface area (Å²) in [6, 6.07) is 1.85. The van der Waals surface area contributed by atoms with E-state index in [2.05, 4.69) is 14.9 Å². The fourth-order valence-electron chi connectivity index (χ4n) is 1.65. The summed E-state index contributed by atoms with van der Waals surface area (Å²) in [6.07, 6.45) is -3.73. The van der Waals surface area contributed by atoms with Crippen LogP contribution in [0.1, 0.15) is 76.9 Å². The van der Waals surface area contributed by atoms with Crippen LogP contribution in [0, 0.1) is 0 Å². The molecule has 8 heteroatoms. The van der Waals surface area contributed by atoms with Gasteiger partial charge in [0.05, 0.1) is 22.5 Å². The van der Waals surface area contributed by atoms with Crippen molar-refractivity contribution in [2.45, 2.75) is 39.4 Å². The summed E-state index contributed by atoms with van der Waals surface area (Å²) >= 11 is 0. The number of aromatic nitrogens is 4. The van der Waals surface area contributed by atoms with Crippen LogP contribution < -0.4 is 0 Å². The summed E-state index contributed by atoms with van der Waals surface area (Å²) in [5.74, 6) is -2.86. The molecular weight excluding hydrogens is 324 g/mol. The molecule has 2 heterocycles. The number of aryl methyl sites for hydroxylation is 4. The fourth-order valence-corrected chi connectivity index (χ4v) is 1.65. The second kappa shape index (κ2) is 9.61. The monoisotopic (exact) mass is 363 g/mol. The summed E-state index contributed by atoms with van der Waals surface area (Å²) in [4.78, 5) is 22.6. The van der Waals surface area contributed by atoms with Crippen molar-refractivity contribution in [2.75, 3.05) is 7.04 Å². The van der Waals surface area contributed by atoms with Gasteiger partial charge in [0, 0.05) is 27.7 Å². The van der Waals surface area contributed by atoms with Gasteiger partial charge in [-0.2, -0.15) is 10.2 Å². The Hall–Kier alpha value is -2.64. The zero-order valence-corrected chi connectivity index (χ0v) is 13.5. The van der Waals surface area contributed by atoms with Gasteiger partial charge in [-0.25, -0.2) is 9.59 Å². The van der Waals surface area contributed by atoms with E-state index >= 15 is 0 Å². The Morgan fingerprint density at radius 1 is 1.12 bits per heavy atom. The predicted octanol–water partition coefficient (Wildman–Crippen LogP) is 2.23. The third-order valence-corrected chi connectivity index (χ3v) is 2.66. The van der Waals surface area contributed by atoms with Gasteiger partial charge in [-0.05, 0) is 24.9 Å². The summed E-state index contributed by atoms with van der Waals surface area (Å²) in [7, 11) is -3.04. The fraction of sp³-hybridized carbons (Fsp3) is 0.529. The van der Waals surface area contributed by atoms with Gasteiger partial charge in [-0.1, -0.05) is 26.7 Å². The number of aromatic carboxylic acids is 1. The first-order valence-electron chi connectivity index (χ1n) is 13.6. The highest BCUT2D eigenvalue weighted by molar-refractivity contribution is 5.87. The van der Waals surface area contributed by atoms with E-state index in [9.17, 15) is 9.59 Å². The van der Waals surface area contributed by atoms with Crippen LogP contribution in [-0.2, 0) is 31.4 Å². The van der Waals surface area contributed by atoms with Crippen LogP contribution in [-0.4, -0.2) is 43.6 Å². The molecule has 25 heavy (non-hydrogen) atoms. The minimum absolute atomic E-state index is 0.00122. The van der Waals surface area contributed by atoms with Crippen molar-refractivity contribution in [3.8, 4) is 0 Å². The molecule has 0 bridgehead atoms. The second-order valence-electron chi connectivity index (χ2n) is 4.41. The summed E-state index contributed by atoms with van der Waals surface area (Å²) < 4.78 is 99.1. The molecule has 0 aliphatic carbocycles. The average molecular weight is 363 g/mol. The molecule has 0 amide bonds. The van der Waals surface area contributed by atoms with Crippen LogP contribution in [0.5, 0.6) is 0 Å². The number of carboxylic acid groups (broad SMARTS) is 1. The minimum Gasteiger partial charge on any atom is -0.477 e. The number of carbonyl (C=O) groups is 2. The lowest BCUT2D eigenvalue weighted by molar-refractivity contribution is 0.0587. The van der Waals surface area contributed by atoms with Crippen molar-refractivity contribution in [3.63, 3.8) is 0 Å². The number of hydrogen-bond donors (Lipinski definition) is 1. The van der Waals surface area contributed by atoms with Crippen LogP contribution in [0.3, 0.4) is 0 Å². The number of hydrogen-bond acceptors (Lipinski definition) is 5. The quantitative estimate of drug-likeness (QED) is 0.790. The number of carbonyl (C=O) groups excluding carboxylic acids is 1. The van der Waals surface area contributed by atoms with Crippen LogP contribution in [0.4, 0.5) is 0 Å². The molecule has 0 aliphatic rings. The van der Waals surface area contributed by atoms with Gasteiger partial charge in [-0.15, -0.1) is 0 Å². The first kappa shape index (κ1) is 8.16. The number of methoxy groups -OCH3 is 1. The summed E-state index contributed by atoms with van der Waals surface area (Å²) in [5.41, 5.74) is -1.65. The molecule has 0 saturated carbocycles. The lowest BCUT2D eigenvalue weighted by Gasteiger charge is -1.96. The molecule has 0 unspecified atom stereocenters. The van der Waals surface area contributed by atoms with Crippen LogP contribution in [0.15, 0.2) is 12.1 Å². The molecule has 138 valence electrons. The molecule has 2 aromatic rings. The maximum Gasteiger partial charge on any atom is 0.356 e. The van der Waals surface area contributed by atoms with Gasteiger partial charge in [-0.3, -0.25) is 9.36 Å². The topological polar surface area (TPSA) is 99.2 Å². The van der Waals surface area contributed by atoms with E-state index in [4.69, 9.17) is 22.9 Å². The highest BCUT2D eigenvalue weighted by atomic mass is 16.5. The average Bonchev–Trinajstić information content (AvgIpc) is 3.39. The highest BCUT2D eigenvalue weighted by Gasteiger charge is 2.12. The van der Waals surface area contributed by atoms with E-state index in [1.807, 2.05) is 0 Å². The molecule has 1 N–H and O–H groups in total. The molecule has 2 rings (SSSR count). The van der Waals surface area contributed by atoms with Crippen molar-refractivity contribution in [1.82, 2.24) is 19.6 Å². The Balaban J connectivity index is 0.000000389. The second-order valence-corrected chi connectivity index (χ2v) is 4.41. The zero-order chi connectivity index (χ0) is 30.1. The van der Waals surface area contributed by atoms with Crippen molar-refractivity contribution < 1.29 is 37.3 Å². The molecule has 0 saturated heterocycles. The van der Waals surface area contributed by atoms with E-state index in [0.717, 1.165) is 12.1 Å². The SMILES string of the molecule is [2H]C([2H])(CC)c1cc(C(=O)O)n(C([2H])([2H])[2H])n1.[2H]C([2H])([2H])OC(=O)c1cc(C([2H])([2H])CC)nn1C([2H])([2H])[2H]. The Bertz CT molecular complexity index is 1150. The normalized spacial score (nSPS) is 20.5. The molecule has 2 aromatic heterocycles. The van der Waals surface area contributed by atoms with E-state index in [-0.39, 0.29) is 24.2 Å². The minimum atomic E-state index is -3.04. The van der Waals surface area contributed by atoms with E-state index in [0.29, 0.717) is 9.36 Å². The smallest absolute Gasteiger partial charge is 0.356 e. The highest BCUT2D eigenvalue weighted by Crippen LogP contribution is 2.06. The number of rotatable bonds is 6. The molecule has 8 nitrogen and oxygen atoms in total. The van der Waals surface area contributed by atoms with Crippen molar-refractivity contribution >= 4 is 11.9 Å². The molecule has 0 aliphatic heterocycles. The maximum atomic E-state index is 11.7. The third kappa shape index (κ3) is 5.74. The third-order valence-electron chi connectivity index (χ3n) is 2.66. The number of esters is 1. The summed E-state index contributed by atoms with van der Waals surface area (Å²) in [5, 5.41) is 16.0. The van der Waals surface area contributed by atoms with Crippen LogP contribution >= 0.6 is 0 Å². The van der Waals surface area contributed by atoms with Gasteiger partial charge in [0.15, 0.2) is 0 Å². The zero-order valence-electron chi connectivity index (χ0n) is 26.5. The molecule has 0 radical (unpaired) electrons. The molecule has 0 atom stereocenters. The van der Waals surface area contributed by atoms with Crippen LogP contribution in [0.2, 0.25) is 0 Å². The van der Waals surface area contributed by atoms with Gasteiger partial charge in [0.1, 0.15) is 11.4 Å². The van der Waals surface area contributed by atoms with E-state index < -0.39 is 57.1 Å². The predicted molar refractivity (Wildman–Crippen MR) is 92.7 cm³/mol. The molecular formula is C17H26N4O4. The first-order chi connectivity index (χ1) is 16.9. The molecule has 0 fully saturated rings. The maximum absolute atomic E-state index is 11.7. The number of nitrogens with zero attached hydrogens (tertiary/aromatic N) is 4. The van der Waals surface area contributed by atoms with Gasteiger partial charge in [0.25, 0.3) is 0 Å². The Morgan fingerprint density at radius 3 is 2.04 bits per heavy atom. The molecule has 0 spiro atoms. The lowest BCUT2D eigenvalue weighted by atomic mass is 10.2. The first-order valence-corrected chi connectivity index (χ1v) is 7.06. The van der Waals surface area contributed by atoms with Gasteiger partial charge >= 0.3 is 11.9 Å². The van der Waals surface area contributed by atoms with Gasteiger partial charge in [0.2, 0.25) is 0 Å². The standard InChI is InChI=1S/C9H14N2O2.C8H12N2O2/c1-4-5-7-6-8(9(12)13-3)11(2)10-7;1-3-4-6-5-7(8(11)12)10(2)9-6/h6H,4-5H2,1-3H3;5H,3-4H2,1-2H3,(H,11,12)/i2D3,3D3,5D2;2D3,4D2. The number of ether oxygens (including phenoxy) is 1. The van der Waals surface area contributed by atoms with Crippen molar-refractivity contribution in [1.29, 1.82) is 0 Å². The largest absolute Gasteiger partial charge is 0.477 e. The van der Waals surface area contributed by atoms with Crippen molar-refractivity contribution in [3.05, 3.63) is 34.9 Å². The molecule has 0 aromatic carbocycles. The van der Waals surface area contributed by atoms with E-state index in [1.54, 1.807) is 6.92 Å². The van der Waals surface area contributed by atoms with Gasteiger partial charge < -0.3 is 9.84 Å². The Labute approximate surface area is 165 Å². The van der Waals surface area contributed by atoms with E-state index in [1.165, 1.54) is 6.92 Å². The number of carboxylic acids is 1. The Morgan fingerprint density at radius 2 is 1.64 bits per heavy atom. The lowest BCUT2D eigenvalue weighted by Crippen LogP contribution is -2.07. The summed E-state index contributed by atoms with van der Waals surface area (Å²) in [6.45, 7) is -2.52. The Kier molecular flexibility index (Phi) is 3.14.